The zero-order chi connectivity index (χ0) is 12.3. The Balaban J connectivity index is 2.82. The van der Waals surface area contributed by atoms with Crippen molar-refractivity contribution in [2.24, 2.45) is 5.92 Å². The van der Waals surface area contributed by atoms with E-state index in [1.54, 1.807) is 0 Å². The van der Waals surface area contributed by atoms with Crippen molar-refractivity contribution in [2.75, 3.05) is 5.32 Å². The highest BCUT2D eigenvalue weighted by Gasteiger charge is 2.14. The number of rotatable bonds is 4. The normalized spacial score (nSPS) is 14.6. The van der Waals surface area contributed by atoms with Crippen LogP contribution in [0.2, 0.25) is 0 Å². The SMILES string of the molecule is CCC(C)C(C)Nc1cc(F)c(F)c(F)c1. The van der Waals surface area contributed by atoms with Crippen molar-refractivity contribution < 1.29 is 13.2 Å². The van der Waals surface area contributed by atoms with E-state index in [1.807, 2.05) is 20.8 Å². The molecule has 0 fully saturated rings. The molecule has 0 aromatic heterocycles. The fourth-order valence-corrected chi connectivity index (χ4v) is 1.40. The summed E-state index contributed by atoms with van der Waals surface area (Å²) in [5.41, 5.74) is 0.268. The van der Waals surface area contributed by atoms with Crippen LogP contribution >= 0.6 is 0 Å². The highest BCUT2D eigenvalue weighted by Crippen LogP contribution is 2.20. The van der Waals surface area contributed by atoms with Gasteiger partial charge in [-0.05, 0) is 12.8 Å². The molecule has 1 nitrogen and oxygen atoms in total. The minimum absolute atomic E-state index is 0.0780. The molecule has 1 rings (SSSR count). The lowest BCUT2D eigenvalue weighted by molar-refractivity contribution is 0.446. The molecule has 1 N–H and O–H groups in total. The van der Waals surface area contributed by atoms with E-state index in [1.165, 1.54) is 0 Å². The first kappa shape index (κ1) is 12.9. The number of halogens is 3. The Labute approximate surface area is 93.7 Å². The smallest absolute Gasteiger partial charge is 0.194 e. The van der Waals surface area contributed by atoms with E-state index in [2.05, 4.69) is 5.32 Å². The van der Waals surface area contributed by atoms with Crippen LogP contribution in [0.15, 0.2) is 12.1 Å². The molecule has 16 heavy (non-hydrogen) atoms. The summed E-state index contributed by atoms with van der Waals surface area (Å²) in [5, 5.41) is 2.95. The fraction of sp³-hybridized carbons (Fsp3) is 0.500. The highest BCUT2D eigenvalue weighted by atomic mass is 19.2. The zero-order valence-electron chi connectivity index (χ0n) is 9.65. The molecule has 2 atom stereocenters. The van der Waals surface area contributed by atoms with E-state index in [-0.39, 0.29) is 11.7 Å². The van der Waals surface area contributed by atoms with Crippen molar-refractivity contribution in [3.63, 3.8) is 0 Å². The zero-order valence-corrected chi connectivity index (χ0v) is 9.65. The quantitative estimate of drug-likeness (QED) is 0.773. The predicted molar refractivity (Wildman–Crippen MR) is 58.9 cm³/mol. The van der Waals surface area contributed by atoms with Gasteiger partial charge in [-0.2, -0.15) is 0 Å². The van der Waals surface area contributed by atoms with Crippen molar-refractivity contribution in [1.82, 2.24) is 0 Å². The molecule has 0 amide bonds. The van der Waals surface area contributed by atoms with Crippen molar-refractivity contribution in [3.8, 4) is 0 Å². The van der Waals surface area contributed by atoms with Gasteiger partial charge in [-0.25, -0.2) is 13.2 Å². The van der Waals surface area contributed by atoms with Gasteiger partial charge in [0.2, 0.25) is 0 Å². The number of hydrogen-bond donors (Lipinski definition) is 1. The third-order valence-electron chi connectivity index (χ3n) is 2.88. The molecule has 0 aliphatic rings. The van der Waals surface area contributed by atoms with Gasteiger partial charge < -0.3 is 5.32 Å². The van der Waals surface area contributed by atoms with Crippen molar-refractivity contribution >= 4 is 5.69 Å². The standard InChI is InChI=1S/C12H16F3N/c1-4-7(2)8(3)16-9-5-10(13)12(15)11(14)6-9/h5-8,16H,4H2,1-3H3. The first-order valence-corrected chi connectivity index (χ1v) is 5.36. The molecule has 90 valence electrons. The van der Waals surface area contributed by atoms with Gasteiger partial charge in [0.15, 0.2) is 17.5 Å². The van der Waals surface area contributed by atoms with E-state index in [9.17, 15) is 13.2 Å². The Morgan fingerprint density at radius 3 is 2.06 bits per heavy atom. The lowest BCUT2D eigenvalue weighted by Gasteiger charge is -2.21. The maximum Gasteiger partial charge on any atom is 0.194 e. The maximum absolute atomic E-state index is 12.9. The summed E-state index contributed by atoms with van der Waals surface area (Å²) in [5.74, 6) is -3.39. The van der Waals surface area contributed by atoms with E-state index in [0.29, 0.717) is 5.92 Å². The molecule has 0 saturated carbocycles. The minimum Gasteiger partial charge on any atom is -0.382 e. The van der Waals surface area contributed by atoms with Crippen LogP contribution in [0.3, 0.4) is 0 Å². The molecule has 2 unspecified atom stereocenters. The third-order valence-corrected chi connectivity index (χ3v) is 2.88. The monoisotopic (exact) mass is 231 g/mol. The molecule has 0 aliphatic heterocycles. The van der Waals surface area contributed by atoms with Crippen molar-refractivity contribution in [3.05, 3.63) is 29.6 Å². The topological polar surface area (TPSA) is 12.0 Å². The van der Waals surface area contributed by atoms with Crippen LogP contribution in [-0.4, -0.2) is 6.04 Å². The first-order valence-electron chi connectivity index (χ1n) is 5.36. The minimum atomic E-state index is -1.43. The molecular formula is C12H16F3N. The van der Waals surface area contributed by atoms with Crippen LogP contribution in [0.4, 0.5) is 18.9 Å². The average molecular weight is 231 g/mol. The van der Waals surface area contributed by atoms with Gasteiger partial charge in [-0.1, -0.05) is 20.3 Å². The van der Waals surface area contributed by atoms with Crippen LogP contribution in [0, 0.1) is 23.4 Å². The lowest BCUT2D eigenvalue weighted by Crippen LogP contribution is -2.23. The molecule has 0 heterocycles. The van der Waals surface area contributed by atoms with Crippen molar-refractivity contribution in [1.29, 1.82) is 0 Å². The van der Waals surface area contributed by atoms with E-state index in [0.717, 1.165) is 18.6 Å². The molecule has 4 heteroatoms. The Morgan fingerprint density at radius 2 is 1.62 bits per heavy atom. The highest BCUT2D eigenvalue weighted by molar-refractivity contribution is 5.45. The van der Waals surface area contributed by atoms with Gasteiger partial charge in [0.1, 0.15) is 0 Å². The summed E-state index contributed by atoms with van der Waals surface area (Å²) in [7, 11) is 0. The Bertz CT molecular complexity index is 342. The molecule has 1 aromatic rings. The summed E-state index contributed by atoms with van der Waals surface area (Å²) < 4.78 is 38.5. The largest absolute Gasteiger partial charge is 0.382 e. The van der Waals surface area contributed by atoms with Crippen LogP contribution in [0.5, 0.6) is 0 Å². The second kappa shape index (κ2) is 5.23. The van der Waals surface area contributed by atoms with E-state index in [4.69, 9.17) is 0 Å². The molecule has 0 bridgehead atoms. The van der Waals surface area contributed by atoms with Gasteiger partial charge in [-0.3, -0.25) is 0 Å². The Kier molecular flexibility index (Phi) is 4.21. The van der Waals surface area contributed by atoms with Crippen LogP contribution in [0.25, 0.3) is 0 Å². The van der Waals surface area contributed by atoms with Crippen LogP contribution in [-0.2, 0) is 0 Å². The van der Waals surface area contributed by atoms with Gasteiger partial charge in [0.05, 0.1) is 0 Å². The predicted octanol–water partition coefficient (Wildman–Crippen LogP) is 3.95. The molecule has 0 saturated heterocycles. The molecule has 1 aromatic carbocycles. The number of benzene rings is 1. The van der Waals surface area contributed by atoms with Crippen LogP contribution in [0.1, 0.15) is 27.2 Å². The van der Waals surface area contributed by atoms with E-state index >= 15 is 0 Å². The molecular weight excluding hydrogens is 215 g/mol. The summed E-state index contributed by atoms with van der Waals surface area (Å²) in [4.78, 5) is 0. The first-order chi connectivity index (χ1) is 7.45. The van der Waals surface area contributed by atoms with Gasteiger partial charge in [0, 0.05) is 23.9 Å². The van der Waals surface area contributed by atoms with Crippen molar-refractivity contribution in [2.45, 2.75) is 33.2 Å². The Morgan fingerprint density at radius 1 is 1.12 bits per heavy atom. The second-order valence-electron chi connectivity index (χ2n) is 4.07. The summed E-state index contributed by atoms with van der Waals surface area (Å²) in [6, 6.07) is 2.02. The van der Waals surface area contributed by atoms with E-state index < -0.39 is 17.5 Å². The second-order valence-corrected chi connectivity index (χ2v) is 4.07. The molecule has 0 spiro atoms. The average Bonchev–Trinajstić information content (AvgIpc) is 2.24. The Hall–Kier alpha value is -1.19. The fourth-order valence-electron chi connectivity index (χ4n) is 1.40. The number of anilines is 1. The number of hydrogen-bond acceptors (Lipinski definition) is 1. The van der Waals surface area contributed by atoms with Crippen LogP contribution < -0.4 is 5.32 Å². The molecule has 0 radical (unpaired) electrons. The summed E-state index contributed by atoms with van der Waals surface area (Å²) >= 11 is 0. The third kappa shape index (κ3) is 2.90. The maximum atomic E-state index is 12.9. The summed E-state index contributed by atoms with van der Waals surface area (Å²) in [6.45, 7) is 6.00. The van der Waals surface area contributed by atoms with Gasteiger partial charge >= 0.3 is 0 Å². The number of nitrogens with one attached hydrogen (secondary N) is 1. The van der Waals surface area contributed by atoms with Gasteiger partial charge in [0.25, 0.3) is 0 Å². The van der Waals surface area contributed by atoms with Gasteiger partial charge in [-0.15, -0.1) is 0 Å². The summed E-state index contributed by atoms with van der Waals surface area (Å²) in [6.07, 6.45) is 0.959. The molecule has 0 aliphatic carbocycles. The lowest BCUT2D eigenvalue weighted by atomic mass is 10.0.